The standard InChI is InChI=1S/C20H20N2O2/c1-14-7-8-16-17(13-14)21-20(23)19(22-9-11-24-12-10-22)18(16)15-5-3-2-4-6-15/h2-8,13H,9-12H2,1H3,(H,21,23). The molecule has 0 unspecified atom stereocenters. The third-order valence-corrected chi connectivity index (χ3v) is 4.53. The molecule has 4 heteroatoms. The van der Waals surface area contributed by atoms with E-state index in [9.17, 15) is 4.79 Å². The lowest BCUT2D eigenvalue weighted by Gasteiger charge is -2.30. The molecule has 0 atom stereocenters. The first-order valence-electron chi connectivity index (χ1n) is 8.29. The summed E-state index contributed by atoms with van der Waals surface area (Å²) < 4.78 is 5.46. The van der Waals surface area contributed by atoms with Crippen molar-refractivity contribution in [3.05, 3.63) is 64.4 Å². The largest absolute Gasteiger partial charge is 0.378 e. The average molecular weight is 320 g/mol. The Morgan fingerprint density at radius 2 is 1.79 bits per heavy atom. The lowest BCUT2D eigenvalue weighted by molar-refractivity contribution is 0.122. The number of pyridine rings is 1. The third kappa shape index (κ3) is 2.59. The predicted octanol–water partition coefficient (Wildman–Crippen LogP) is 3.34. The summed E-state index contributed by atoms with van der Waals surface area (Å²) in [5.74, 6) is 0. The molecule has 3 aromatic rings. The summed E-state index contributed by atoms with van der Waals surface area (Å²) in [5.41, 5.74) is 4.82. The summed E-state index contributed by atoms with van der Waals surface area (Å²) in [4.78, 5) is 18.1. The minimum atomic E-state index is -0.0335. The van der Waals surface area contributed by atoms with Gasteiger partial charge in [0.1, 0.15) is 5.69 Å². The molecule has 0 bridgehead atoms. The molecule has 24 heavy (non-hydrogen) atoms. The number of benzene rings is 2. The fraction of sp³-hybridized carbons (Fsp3) is 0.250. The summed E-state index contributed by atoms with van der Waals surface area (Å²) in [6.07, 6.45) is 0. The van der Waals surface area contributed by atoms with Crippen molar-refractivity contribution in [1.29, 1.82) is 0 Å². The molecule has 122 valence electrons. The molecule has 0 radical (unpaired) electrons. The fourth-order valence-corrected chi connectivity index (χ4v) is 3.39. The SMILES string of the molecule is Cc1ccc2c(-c3ccccc3)c(N3CCOCC3)c(=O)[nH]c2c1. The quantitative estimate of drug-likeness (QED) is 0.788. The number of aryl methyl sites for hydroxylation is 1. The summed E-state index contributed by atoms with van der Waals surface area (Å²) in [5, 5.41) is 1.08. The van der Waals surface area contributed by atoms with Gasteiger partial charge in [-0.15, -0.1) is 0 Å². The topological polar surface area (TPSA) is 45.3 Å². The Balaban J connectivity index is 2.04. The Kier molecular flexibility index (Phi) is 3.82. The number of hydrogen-bond donors (Lipinski definition) is 1. The summed E-state index contributed by atoms with van der Waals surface area (Å²) >= 11 is 0. The van der Waals surface area contributed by atoms with E-state index in [1.54, 1.807) is 0 Å². The number of hydrogen-bond acceptors (Lipinski definition) is 3. The maximum atomic E-state index is 12.9. The van der Waals surface area contributed by atoms with Crippen LogP contribution < -0.4 is 10.5 Å². The van der Waals surface area contributed by atoms with Gasteiger partial charge in [-0.3, -0.25) is 4.79 Å². The molecular formula is C20H20N2O2. The molecule has 4 nitrogen and oxygen atoms in total. The third-order valence-electron chi connectivity index (χ3n) is 4.53. The molecule has 1 fully saturated rings. The average Bonchev–Trinajstić information content (AvgIpc) is 2.62. The Labute approximate surface area is 140 Å². The number of anilines is 1. The molecule has 2 heterocycles. The molecule has 2 aromatic carbocycles. The zero-order valence-electron chi connectivity index (χ0n) is 13.7. The van der Waals surface area contributed by atoms with Crippen LogP contribution in [0.2, 0.25) is 0 Å². The number of nitrogens with one attached hydrogen (secondary N) is 1. The highest BCUT2D eigenvalue weighted by Crippen LogP contribution is 2.34. The van der Waals surface area contributed by atoms with Gasteiger partial charge in [-0.25, -0.2) is 0 Å². The molecule has 1 aliphatic heterocycles. The van der Waals surface area contributed by atoms with Crippen LogP contribution in [0.4, 0.5) is 5.69 Å². The summed E-state index contributed by atoms with van der Waals surface area (Å²) in [7, 11) is 0. The van der Waals surface area contributed by atoms with Crippen LogP contribution in [-0.2, 0) is 4.74 Å². The van der Waals surface area contributed by atoms with Crippen molar-refractivity contribution < 1.29 is 4.74 Å². The number of H-pyrrole nitrogens is 1. The zero-order chi connectivity index (χ0) is 16.5. The maximum absolute atomic E-state index is 12.9. The molecule has 1 N–H and O–H groups in total. The molecule has 0 spiro atoms. The fourth-order valence-electron chi connectivity index (χ4n) is 3.39. The molecule has 4 rings (SSSR count). The first-order valence-corrected chi connectivity index (χ1v) is 8.29. The van der Waals surface area contributed by atoms with Crippen LogP contribution in [0.1, 0.15) is 5.56 Å². The van der Waals surface area contributed by atoms with E-state index in [-0.39, 0.29) is 5.56 Å². The molecule has 1 aliphatic rings. The second-order valence-electron chi connectivity index (χ2n) is 6.19. The molecule has 0 amide bonds. The van der Waals surface area contributed by atoms with E-state index in [2.05, 4.69) is 34.1 Å². The van der Waals surface area contributed by atoms with Gasteiger partial charge >= 0.3 is 0 Å². The molecular weight excluding hydrogens is 300 g/mol. The first-order chi connectivity index (χ1) is 11.7. The lowest BCUT2D eigenvalue weighted by atomic mass is 9.97. The highest BCUT2D eigenvalue weighted by Gasteiger charge is 2.21. The van der Waals surface area contributed by atoms with Crippen LogP contribution >= 0.6 is 0 Å². The minimum absolute atomic E-state index is 0.0335. The van der Waals surface area contributed by atoms with Crippen LogP contribution in [0, 0.1) is 6.92 Å². The van der Waals surface area contributed by atoms with E-state index in [0.29, 0.717) is 13.2 Å². The van der Waals surface area contributed by atoms with Gasteiger partial charge in [0.2, 0.25) is 0 Å². The van der Waals surface area contributed by atoms with E-state index in [0.717, 1.165) is 46.4 Å². The van der Waals surface area contributed by atoms with Gasteiger partial charge in [-0.05, 0) is 24.1 Å². The molecule has 0 saturated carbocycles. The van der Waals surface area contributed by atoms with Crippen LogP contribution in [0.15, 0.2) is 53.3 Å². The number of fused-ring (bicyclic) bond motifs is 1. The van der Waals surface area contributed by atoms with Crippen molar-refractivity contribution in [2.24, 2.45) is 0 Å². The molecule has 1 saturated heterocycles. The Morgan fingerprint density at radius 1 is 1.04 bits per heavy atom. The zero-order valence-corrected chi connectivity index (χ0v) is 13.7. The van der Waals surface area contributed by atoms with Gasteiger partial charge in [-0.2, -0.15) is 0 Å². The van der Waals surface area contributed by atoms with Crippen molar-refractivity contribution in [2.75, 3.05) is 31.2 Å². The Morgan fingerprint density at radius 3 is 2.54 bits per heavy atom. The van der Waals surface area contributed by atoms with Crippen molar-refractivity contribution in [2.45, 2.75) is 6.92 Å². The van der Waals surface area contributed by atoms with E-state index >= 15 is 0 Å². The highest BCUT2D eigenvalue weighted by atomic mass is 16.5. The number of morpholine rings is 1. The number of aromatic nitrogens is 1. The van der Waals surface area contributed by atoms with Gasteiger partial charge in [0.15, 0.2) is 0 Å². The van der Waals surface area contributed by atoms with E-state index in [4.69, 9.17) is 4.74 Å². The maximum Gasteiger partial charge on any atom is 0.272 e. The predicted molar refractivity (Wildman–Crippen MR) is 97.8 cm³/mol. The second kappa shape index (κ2) is 6.13. The van der Waals surface area contributed by atoms with Gasteiger partial charge in [-0.1, -0.05) is 42.5 Å². The van der Waals surface area contributed by atoms with E-state index in [1.807, 2.05) is 31.2 Å². The van der Waals surface area contributed by atoms with Gasteiger partial charge in [0.25, 0.3) is 5.56 Å². The number of nitrogens with zero attached hydrogens (tertiary/aromatic N) is 1. The van der Waals surface area contributed by atoms with Gasteiger partial charge in [0, 0.05) is 29.6 Å². The minimum Gasteiger partial charge on any atom is -0.378 e. The van der Waals surface area contributed by atoms with Crippen LogP contribution in [0.5, 0.6) is 0 Å². The van der Waals surface area contributed by atoms with Gasteiger partial charge in [0.05, 0.1) is 13.2 Å². The van der Waals surface area contributed by atoms with E-state index in [1.165, 1.54) is 0 Å². The monoisotopic (exact) mass is 320 g/mol. The van der Waals surface area contributed by atoms with Crippen molar-refractivity contribution in [1.82, 2.24) is 4.98 Å². The molecule has 0 aliphatic carbocycles. The van der Waals surface area contributed by atoms with Crippen LogP contribution in [-0.4, -0.2) is 31.3 Å². The van der Waals surface area contributed by atoms with Crippen LogP contribution in [0.3, 0.4) is 0 Å². The van der Waals surface area contributed by atoms with Crippen molar-refractivity contribution >= 4 is 16.6 Å². The second-order valence-corrected chi connectivity index (χ2v) is 6.19. The normalized spacial score (nSPS) is 15.0. The number of ether oxygens (including phenoxy) is 1. The number of rotatable bonds is 2. The summed E-state index contributed by atoms with van der Waals surface area (Å²) in [6, 6.07) is 16.4. The molecule has 1 aromatic heterocycles. The first kappa shape index (κ1) is 15.0. The van der Waals surface area contributed by atoms with Crippen molar-refractivity contribution in [3.8, 4) is 11.1 Å². The number of aromatic amines is 1. The Hall–Kier alpha value is -2.59. The lowest BCUT2D eigenvalue weighted by Crippen LogP contribution is -2.39. The van der Waals surface area contributed by atoms with Crippen molar-refractivity contribution in [3.63, 3.8) is 0 Å². The smallest absolute Gasteiger partial charge is 0.272 e. The summed E-state index contributed by atoms with van der Waals surface area (Å²) in [6.45, 7) is 4.82. The van der Waals surface area contributed by atoms with E-state index < -0.39 is 0 Å². The highest BCUT2D eigenvalue weighted by molar-refractivity contribution is 6.01. The Bertz CT molecular complexity index is 926. The van der Waals surface area contributed by atoms with Crippen LogP contribution in [0.25, 0.3) is 22.0 Å². The van der Waals surface area contributed by atoms with Gasteiger partial charge < -0.3 is 14.6 Å².